The molecule has 1 aliphatic heterocycles. The van der Waals surface area contributed by atoms with Gasteiger partial charge in [-0.3, -0.25) is 4.79 Å². The van der Waals surface area contributed by atoms with Crippen LogP contribution in [-0.2, 0) is 9.53 Å². The highest BCUT2D eigenvalue weighted by atomic mass is 16.6. The van der Waals surface area contributed by atoms with E-state index in [2.05, 4.69) is 79.8 Å². The van der Waals surface area contributed by atoms with E-state index >= 15 is 0 Å². The van der Waals surface area contributed by atoms with Crippen molar-refractivity contribution in [2.45, 2.75) is 84.7 Å². The minimum Gasteiger partial charge on any atom is -0.444 e. The highest BCUT2D eigenvalue weighted by Crippen LogP contribution is 2.12. The number of ether oxygens (including phenoxy) is 1. The van der Waals surface area contributed by atoms with E-state index < -0.39 is 5.60 Å². The van der Waals surface area contributed by atoms with E-state index in [0.717, 1.165) is 44.9 Å². The van der Waals surface area contributed by atoms with Crippen molar-refractivity contribution in [2.75, 3.05) is 26.2 Å². The lowest BCUT2D eigenvalue weighted by Gasteiger charge is -2.35. The first kappa shape index (κ1) is 31.2. The Morgan fingerprint density at radius 2 is 1.03 bits per heavy atom. The number of allylic oxidation sites excluding steroid dienone is 12. The number of hydrogen-bond donors (Lipinski definition) is 0. The average Bonchev–Trinajstić information content (AvgIpc) is 2.84. The molecular formula is C31H48N2O3. The number of carbonyl (C=O) groups excluding carboxylic acids is 2. The van der Waals surface area contributed by atoms with Gasteiger partial charge >= 0.3 is 6.09 Å². The highest BCUT2D eigenvalue weighted by Gasteiger charge is 2.27. The molecule has 1 fully saturated rings. The smallest absolute Gasteiger partial charge is 0.410 e. The Labute approximate surface area is 220 Å². The van der Waals surface area contributed by atoms with Crippen LogP contribution in [0.5, 0.6) is 0 Å². The molecule has 0 aromatic heterocycles. The van der Waals surface area contributed by atoms with Crippen molar-refractivity contribution in [2.24, 2.45) is 0 Å². The van der Waals surface area contributed by atoms with Gasteiger partial charge in [0.15, 0.2) is 0 Å². The lowest BCUT2D eigenvalue weighted by atomic mass is 10.2. The van der Waals surface area contributed by atoms with Crippen LogP contribution in [0, 0.1) is 0 Å². The van der Waals surface area contributed by atoms with E-state index in [-0.39, 0.29) is 12.0 Å². The van der Waals surface area contributed by atoms with E-state index in [1.54, 1.807) is 4.90 Å². The van der Waals surface area contributed by atoms with Gasteiger partial charge in [0, 0.05) is 32.6 Å². The lowest BCUT2D eigenvalue weighted by molar-refractivity contribution is -0.132. The zero-order valence-electron chi connectivity index (χ0n) is 23.0. The summed E-state index contributed by atoms with van der Waals surface area (Å²) in [5.41, 5.74) is -0.497. The molecule has 0 spiro atoms. The molecule has 0 radical (unpaired) electrons. The Hall–Kier alpha value is -2.82. The normalized spacial score (nSPS) is 15.7. The Balaban J connectivity index is 2.06. The lowest BCUT2D eigenvalue weighted by Crippen LogP contribution is -2.51. The summed E-state index contributed by atoms with van der Waals surface area (Å²) in [5.74, 6) is 0.151. The van der Waals surface area contributed by atoms with Gasteiger partial charge in [-0.1, -0.05) is 79.8 Å². The monoisotopic (exact) mass is 496 g/mol. The van der Waals surface area contributed by atoms with Crippen molar-refractivity contribution < 1.29 is 14.3 Å². The summed E-state index contributed by atoms with van der Waals surface area (Å²) in [7, 11) is 0. The van der Waals surface area contributed by atoms with Crippen LogP contribution in [-0.4, -0.2) is 53.6 Å². The van der Waals surface area contributed by atoms with Crippen LogP contribution in [0.4, 0.5) is 4.79 Å². The SMILES string of the molecule is CCC=CCC=CCC=CCC=CCC=CCC=CCCC(=O)N1CCN(C(=O)OC(C)(C)C)CC1. The maximum Gasteiger partial charge on any atom is 0.410 e. The van der Waals surface area contributed by atoms with E-state index in [9.17, 15) is 9.59 Å². The molecule has 0 bridgehead atoms. The van der Waals surface area contributed by atoms with Crippen molar-refractivity contribution in [3.05, 3.63) is 72.9 Å². The predicted octanol–water partition coefficient (Wildman–Crippen LogP) is 7.54. The van der Waals surface area contributed by atoms with Gasteiger partial charge in [-0.2, -0.15) is 0 Å². The molecule has 0 aliphatic carbocycles. The minimum atomic E-state index is -0.497. The summed E-state index contributed by atoms with van der Waals surface area (Å²) < 4.78 is 5.40. The molecule has 1 rings (SSSR count). The largest absolute Gasteiger partial charge is 0.444 e. The minimum absolute atomic E-state index is 0.151. The molecule has 5 nitrogen and oxygen atoms in total. The summed E-state index contributed by atoms with van der Waals surface area (Å²) in [4.78, 5) is 28.1. The van der Waals surface area contributed by atoms with Crippen molar-refractivity contribution in [3.8, 4) is 0 Å². The second kappa shape index (κ2) is 19.4. The maximum absolute atomic E-state index is 12.4. The van der Waals surface area contributed by atoms with Gasteiger partial charge in [0.25, 0.3) is 0 Å². The molecular weight excluding hydrogens is 448 g/mol. The maximum atomic E-state index is 12.4. The van der Waals surface area contributed by atoms with E-state index in [0.29, 0.717) is 32.6 Å². The van der Waals surface area contributed by atoms with E-state index in [1.165, 1.54) is 0 Å². The Bertz CT molecular complexity index is 789. The van der Waals surface area contributed by atoms with Gasteiger partial charge in [0.1, 0.15) is 5.60 Å². The third kappa shape index (κ3) is 16.7. The molecule has 0 atom stereocenters. The van der Waals surface area contributed by atoms with Crippen LogP contribution in [0.3, 0.4) is 0 Å². The van der Waals surface area contributed by atoms with Crippen molar-refractivity contribution in [1.82, 2.24) is 9.80 Å². The van der Waals surface area contributed by atoms with E-state index in [1.807, 2.05) is 25.7 Å². The number of carbonyl (C=O) groups is 2. The fourth-order valence-corrected chi connectivity index (χ4v) is 3.47. The molecule has 0 unspecified atom stereocenters. The molecule has 0 aromatic carbocycles. The fourth-order valence-electron chi connectivity index (χ4n) is 3.47. The third-order valence-corrected chi connectivity index (χ3v) is 5.41. The van der Waals surface area contributed by atoms with Crippen LogP contribution in [0.25, 0.3) is 0 Å². The van der Waals surface area contributed by atoms with Crippen LogP contribution < -0.4 is 0 Å². The van der Waals surface area contributed by atoms with Crippen LogP contribution in [0.15, 0.2) is 72.9 Å². The molecule has 1 heterocycles. The molecule has 0 N–H and O–H groups in total. The number of hydrogen-bond acceptors (Lipinski definition) is 3. The van der Waals surface area contributed by atoms with Crippen LogP contribution in [0.2, 0.25) is 0 Å². The Morgan fingerprint density at radius 3 is 1.44 bits per heavy atom. The first-order chi connectivity index (χ1) is 17.3. The average molecular weight is 497 g/mol. The number of nitrogens with zero attached hydrogens (tertiary/aromatic N) is 2. The Kier molecular flexibility index (Phi) is 16.8. The number of rotatable bonds is 14. The number of piperazine rings is 1. The quantitative estimate of drug-likeness (QED) is 0.233. The van der Waals surface area contributed by atoms with Gasteiger partial charge in [-0.15, -0.1) is 0 Å². The van der Waals surface area contributed by atoms with Crippen molar-refractivity contribution >= 4 is 12.0 Å². The van der Waals surface area contributed by atoms with E-state index in [4.69, 9.17) is 4.74 Å². The predicted molar refractivity (Wildman–Crippen MR) is 152 cm³/mol. The molecule has 5 heteroatoms. The van der Waals surface area contributed by atoms with Gasteiger partial charge < -0.3 is 14.5 Å². The molecule has 0 aromatic rings. The molecule has 0 saturated carbocycles. The summed E-state index contributed by atoms with van der Waals surface area (Å²) in [6.07, 6.45) is 33.0. The molecule has 1 aliphatic rings. The van der Waals surface area contributed by atoms with Crippen LogP contribution in [0.1, 0.15) is 79.1 Å². The van der Waals surface area contributed by atoms with Crippen molar-refractivity contribution in [1.29, 1.82) is 0 Å². The summed E-state index contributed by atoms with van der Waals surface area (Å²) in [6.45, 7) is 9.93. The van der Waals surface area contributed by atoms with Gasteiger partial charge in [-0.05, 0) is 65.7 Å². The first-order valence-corrected chi connectivity index (χ1v) is 13.5. The van der Waals surface area contributed by atoms with Gasteiger partial charge in [0.05, 0.1) is 0 Å². The second-order valence-electron chi connectivity index (χ2n) is 9.80. The van der Waals surface area contributed by atoms with Gasteiger partial charge in [-0.25, -0.2) is 4.79 Å². The molecule has 36 heavy (non-hydrogen) atoms. The highest BCUT2D eigenvalue weighted by molar-refractivity contribution is 5.77. The molecule has 1 saturated heterocycles. The standard InChI is InChI=1S/C31H48N2O3/c1-5-6-7-8-9-10-11-12-13-14-15-16-17-18-19-20-21-22-23-24-29(34)32-25-27-33(28-26-32)30(35)36-31(2,3)4/h6-7,9-10,12-13,15-16,18-19,21-22H,5,8,11,14,17,20,23-28H2,1-4H3. The zero-order valence-corrected chi connectivity index (χ0v) is 23.0. The summed E-state index contributed by atoms with van der Waals surface area (Å²) in [5, 5.41) is 0. The third-order valence-electron chi connectivity index (χ3n) is 5.41. The van der Waals surface area contributed by atoms with Gasteiger partial charge in [0.2, 0.25) is 5.91 Å². The molecule has 200 valence electrons. The first-order valence-electron chi connectivity index (χ1n) is 13.5. The van der Waals surface area contributed by atoms with Crippen molar-refractivity contribution in [3.63, 3.8) is 0 Å². The topological polar surface area (TPSA) is 49.9 Å². The summed E-state index contributed by atoms with van der Waals surface area (Å²) >= 11 is 0. The van der Waals surface area contributed by atoms with Crippen LogP contribution >= 0.6 is 0 Å². The Morgan fingerprint density at radius 1 is 0.639 bits per heavy atom. The zero-order chi connectivity index (χ0) is 26.5. The second-order valence-corrected chi connectivity index (χ2v) is 9.80. The summed E-state index contributed by atoms with van der Waals surface area (Å²) in [6, 6.07) is 0. The molecule has 2 amide bonds. The number of amides is 2. The fraction of sp³-hybridized carbons (Fsp3) is 0.548.